The number of benzene rings is 2. The van der Waals surface area contributed by atoms with Crippen LogP contribution in [0.4, 0.5) is 11.6 Å². The van der Waals surface area contributed by atoms with Gasteiger partial charge in [-0.15, -0.1) is 0 Å². The van der Waals surface area contributed by atoms with Gasteiger partial charge in [0.25, 0.3) is 5.56 Å². The number of ketones is 1. The number of anilines is 2. The van der Waals surface area contributed by atoms with Gasteiger partial charge in [-0.3, -0.25) is 19.1 Å². The van der Waals surface area contributed by atoms with Crippen molar-refractivity contribution in [1.29, 1.82) is 0 Å². The number of rotatable bonds is 8. The predicted octanol–water partition coefficient (Wildman–Crippen LogP) is 7.87. The molecular weight excluding hydrogens is 596 g/mol. The summed E-state index contributed by atoms with van der Waals surface area (Å²) in [4.78, 5) is 42.2. The summed E-state index contributed by atoms with van der Waals surface area (Å²) in [6.07, 6.45) is 8.88. The summed E-state index contributed by atoms with van der Waals surface area (Å²) in [7, 11) is 0. The van der Waals surface area contributed by atoms with E-state index in [1.165, 1.54) is 44.3 Å². The molecule has 2 unspecified atom stereocenters. The van der Waals surface area contributed by atoms with E-state index in [0.717, 1.165) is 28.2 Å². The average Bonchev–Trinajstić information content (AvgIpc) is 3.56. The lowest BCUT2D eigenvalue weighted by atomic mass is 9.85. The molecule has 234 valence electrons. The highest BCUT2D eigenvalue weighted by Gasteiger charge is 2.32. The fourth-order valence-corrected chi connectivity index (χ4v) is 7.34. The zero-order chi connectivity index (χ0) is 31.8. The van der Waals surface area contributed by atoms with E-state index in [0.29, 0.717) is 52.3 Å². The van der Waals surface area contributed by atoms with Crippen LogP contribution in [0.1, 0.15) is 67.9 Å². The van der Waals surface area contributed by atoms with Gasteiger partial charge in [0.1, 0.15) is 11.3 Å². The van der Waals surface area contributed by atoms with Gasteiger partial charge in [0.2, 0.25) is 5.95 Å². The zero-order valence-corrected chi connectivity index (χ0v) is 26.9. The first kappa shape index (κ1) is 30.3. The smallest absolute Gasteiger partial charge is 0.260 e. The van der Waals surface area contributed by atoms with Crippen molar-refractivity contribution in [3.8, 4) is 22.3 Å². The summed E-state index contributed by atoms with van der Waals surface area (Å²) in [5.41, 5.74) is 5.89. The van der Waals surface area contributed by atoms with Gasteiger partial charge in [0, 0.05) is 58.6 Å². The molecule has 5 aromatic rings. The standard InChI is InChI=1S/C37H37ClN6O2/c1-3-34(45)33-21-25(13-15-39-33)24-9-12-30(32(38)20-24)31-19-27-22-40-37(42-35(27)44(4-2)36(31)46)41-28-10-7-23(8-11-28)26-14-17-43-16-5-6-29(43)18-26/h7-13,15,19-22,26,29H,3-6,14,16-18H2,1-2H3,(H,40,41,42). The van der Waals surface area contributed by atoms with Gasteiger partial charge in [-0.25, -0.2) is 4.98 Å². The number of aryl methyl sites for hydroxylation is 1. The number of nitrogens with zero attached hydrogens (tertiary/aromatic N) is 5. The van der Waals surface area contributed by atoms with Crippen LogP contribution in [-0.4, -0.2) is 49.3 Å². The second kappa shape index (κ2) is 12.8. The first-order chi connectivity index (χ1) is 22.4. The third kappa shape index (κ3) is 5.83. The first-order valence-electron chi connectivity index (χ1n) is 16.2. The van der Waals surface area contributed by atoms with E-state index in [9.17, 15) is 9.59 Å². The Bertz CT molecular complexity index is 1990. The summed E-state index contributed by atoms with van der Waals surface area (Å²) in [6, 6.07) is 20.4. The lowest BCUT2D eigenvalue weighted by Crippen LogP contribution is -2.37. The molecule has 5 heterocycles. The van der Waals surface area contributed by atoms with Crippen molar-refractivity contribution in [1.82, 2.24) is 24.4 Å². The van der Waals surface area contributed by atoms with Crippen molar-refractivity contribution in [2.24, 2.45) is 0 Å². The number of pyridine rings is 2. The number of piperidine rings is 1. The van der Waals surface area contributed by atoms with Gasteiger partial charge in [-0.2, -0.15) is 4.98 Å². The molecule has 2 aliphatic heterocycles. The average molecular weight is 633 g/mol. The van der Waals surface area contributed by atoms with Crippen LogP contribution in [0, 0.1) is 0 Å². The van der Waals surface area contributed by atoms with Gasteiger partial charge in [-0.1, -0.05) is 42.8 Å². The van der Waals surface area contributed by atoms with Gasteiger partial charge in [0.15, 0.2) is 5.78 Å². The van der Waals surface area contributed by atoms with Crippen LogP contribution < -0.4 is 10.9 Å². The Labute approximate surface area is 273 Å². The Balaban J connectivity index is 1.14. The molecule has 0 spiro atoms. The molecule has 2 saturated heterocycles. The van der Waals surface area contributed by atoms with E-state index in [1.54, 1.807) is 23.0 Å². The minimum absolute atomic E-state index is 0.0192. The molecule has 3 aromatic heterocycles. The second-order valence-corrected chi connectivity index (χ2v) is 12.7. The Morgan fingerprint density at radius 2 is 1.78 bits per heavy atom. The van der Waals surface area contributed by atoms with Crippen LogP contribution in [0.3, 0.4) is 0 Å². The molecule has 8 nitrogen and oxygen atoms in total. The van der Waals surface area contributed by atoms with Crippen molar-refractivity contribution >= 4 is 40.1 Å². The second-order valence-electron chi connectivity index (χ2n) is 12.3. The molecule has 2 atom stereocenters. The van der Waals surface area contributed by atoms with Crippen LogP contribution in [0.25, 0.3) is 33.3 Å². The normalized spacial score (nSPS) is 18.1. The Morgan fingerprint density at radius 3 is 2.57 bits per heavy atom. The van der Waals surface area contributed by atoms with Crippen LogP contribution in [0.2, 0.25) is 5.02 Å². The highest BCUT2D eigenvalue weighted by atomic mass is 35.5. The summed E-state index contributed by atoms with van der Waals surface area (Å²) in [6.45, 7) is 6.65. The lowest BCUT2D eigenvalue weighted by Gasteiger charge is -2.35. The molecule has 46 heavy (non-hydrogen) atoms. The molecule has 1 N–H and O–H groups in total. The molecule has 0 amide bonds. The Hall–Kier alpha value is -4.40. The molecule has 9 heteroatoms. The summed E-state index contributed by atoms with van der Waals surface area (Å²) >= 11 is 6.79. The number of hydrogen-bond acceptors (Lipinski definition) is 7. The lowest BCUT2D eigenvalue weighted by molar-refractivity contribution is 0.0983. The Kier molecular flexibility index (Phi) is 8.40. The summed E-state index contributed by atoms with van der Waals surface area (Å²) < 4.78 is 1.66. The van der Waals surface area contributed by atoms with E-state index in [-0.39, 0.29) is 11.3 Å². The molecule has 0 radical (unpaired) electrons. The number of hydrogen-bond donors (Lipinski definition) is 1. The molecule has 2 aromatic carbocycles. The van der Waals surface area contributed by atoms with E-state index >= 15 is 0 Å². The topological polar surface area (TPSA) is 93.0 Å². The minimum Gasteiger partial charge on any atom is -0.324 e. The maximum Gasteiger partial charge on any atom is 0.260 e. The van der Waals surface area contributed by atoms with Crippen molar-refractivity contribution in [2.75, 3.05) is 18.4 Å². The maximum absolute atomic E-state index is 13.8. The highest BCUT2D eigenvalue weighted by molar-refractivity contribution is 6.33. The van der Waals surface area contributed by atoms with Gasteiger partial charge in [0.05, 0.1) is 0 Å². The fourth-order valence-electron chi connectivity index (χ4n) is 7.06. The third-order valence-electron chi connectivity index (χ3n) is 9.56. The highest BCUT2D eigenvalue weighted by Crippen LogP contribution is 2.37. The fraction of sp³-hybridized carbons (Fsp3) is 0.324. The number of carbonyl (C=O) groups is 1. The van der Waals surface area contributed by atoms with Crippen molar-refractivity contribution in [3.05, 3.63) is 99.7 Å². The van der Waals surface area contributed by atoms with Gasteiger partial charge >= 0.3 is 0 Å². The largest absolute Gasteiger partial charge is 0.324 e. The molecule has 7 rings (SSSR count). The van der Waals surface area contributed by atoms with Crippen LogP contribution in [0.15, 0.2) is 77.9 Å². The molecular formula is C37H37ClN6O2. The number of aromatic nitrogens is 4. The number of nitrogens with one attached hydrogen (secondary N) is 1. The van der Waals surface area contributed by atoms with Crippen molar-refractivity contribution in [3.63, 3.8) is 0 Å². The van der Waals surface area contributed by atoms with Gasteiger partial charge in [-0.05, 0) is 105 Å². The number of Topliss-reactive ketones (excluding diaryl/α,β-unsaturated/α-hetero) is 1. The van der Waals surface area contributed by atoms with Crippen LogP contribution in [-0.2, 0) is 6.54 Å². The number of carbonyl (C=O) groups excluding carboxylic acids is 1. The predicted molar refractivity (Wildman–Crippen MR) is 184 cm³/mol. The van der Waals surface area contributed by atoms with Crippen LogP contribution in [0.5, 0.6) is 0 Å². The quantitative estimate of drug-likeness (QED) is 0.174. The Morgan fingerprint density at radius 1 is 0.957 bits per heavy atom. The van der Waals surface area contributed by atoms with E-state index in [2.05, 4.69) is 44.5 Å². The van der Waals surface area contributed by atoms with E-state index in [1.807, 2.05) is 44.2 Å². The van der Waals surface area contributed by atoms with Crippen LogP contribution >= 0.6 is 11.6 Å². The maximum atomic E-state index is 13.8. The van der Waals surface area contributed by atoms with Crippen molar-refractivity contribution in [2.45, 2.75) is 64.5 Å². The molecule has 2 fully saturated rings. The van der Waals surface area contributed by atoms with E-state index < -0.39 is 0 Å². The number of halogens is 1. The number of fused-ring (bicyclic) bond motifs is 2. The van der Waals surface area contributed by atoms with Gasteiger partial charge < -0.3 is 10.2 Å². The monoisotopic (exact) mass is 632 g/mol. The molecule has 0 aliphatic carbocycles. The molecule has 0 saturated carbocycles. The third-order valence-corrected chi connectivity index (χ3v) is 9.87. The summed E-state index contributed by atoms with van der Waals surface area (Å²) in [5, 5.41) is 4.51. The van der Waals surface area contributed by atoms with E-state index in [4.69, 9.17) is 16.6 Å². The van der Waals surface area contributed by atoms with Crippen molar-refractivity contribution < 1.29 is 4.79 Å². The first-order valence-corrected chi connectivity index (χ1v) is 16.6. The molecule has 2 aliphatic rings. The summed E-state index contributed by atoms with van der Waals surface area (Å²) in [5.74, 6) is 1.03. The SMILES string of the molecule is CCC(=O)c1cc(-c2ccc(-c3cc4cnc(Nc5ccc(C6CCN7CCCC7C6)cc5)nc4n(CC)c3=O)c(Cl)c2)ccn1. The molecule has 0 bridgehead atoms. The minimum atomic E-state index is -0.174. The zero-order valence-electron chi connectivity index (χ0n) is 26.2.